The number of hydrogen-bond donors (Lipinski definition) is 2. The summed E-state index contributed by atoms with van der Waals surface area (Å²) in [6.45, 7) is 9.82. The molecule has 9 heteroatoms. The van der Waals surface area contributed by atoms with Gasteiger partial charge in [-0.05, 0) is 26.3 Å². The van der Waals surface area contributed by atoms with Gasteiger partial charge in [-0.3, -0.25) is 19.5 Å². The summed E-state index contributed by atoms with van der Waals surface area (Å²) in [6.07, 6.45) is 1.05. The maximum atomic E-state index is 12.9. The number of aromatic amines is 1. The maximum Gasteiger partial charge on any atom is 0.271 e. The van der Waals surface area contributed by atoms with Crippen molar-refractivity contribution in [2.75, 3.05) is 39.3 Å². The molecule has 2 fully saturated rings. The summed E-state index contributed by atoms with van der Waals surface area (Å²) in [5.74, 6) is 0.0422. The highest BCUT2D eigenvalue weighted by atomic mass is 35.5. The Balaban J connectivity index is 0.00000210. The molecule has 2 aromatic rings. The molecule has 4 rings (SSSR count). The molecule has 0 aliphatic carbocycles. The van der Waals surface area contributed by atoms with Crippen LogP contribution in [0.25, 0.3) is 11.3 Å². The average Bonchev–Trinajstić information content (AvgIpc) is 3.36. The van der Waals surface area contributed by atoms with E-state index in [9.17, 15) is 4.79 Å². The zero-order chi connectivity index (χ0) is 18.3. The van der Waals surface area contributed by atoms with Crippen LogP contribution < -0.4 is 5.32 Å². The highest BCUT2D eigenvalue weighted by molar-refractivity contribution is 5.93. The van der Waals surface area contributed by atoms with E-state index in [0.717, 1.165) is 68.3 Å². The molecular formula is C18H28ClN7O. The SMILES string of the molecule is Cc1nn(C)c(C)c1-c1cc(C(=O)N2CCC(N3CCNCC3)C2)[nH]n1.Cl. The molecule has 0 bridgehead atoms. The number of amides is 1. The fourth-order valence-electron chi connectivity index (χ4n) is 4.15. The van der Waals surface area contributed by atoms with Crippen molar-refractivity contribution in [3.05, 3.63) is 23.1 Å². The molecule has 1 atom stereocenters. The van der Waals surface area contributed by atoms with Crippen molar-refractivity contribution in [2.45, 2.75) is 26.3 Å². The molecule has 0 radical (unpaired) electrons. The van der Waals surface area contributed by atoms with E-state index in [2.05, 4.69) is 25.5 Å². The van der Waals surface area contributed by atoms with Crippen LogP contribution in [-0.4, -0.2) is 81.0 Å². The summed E-state index contributed by atoms with van der Waals surface area (Å²) in [7, 11) is 1.92. The number of hydrogen-bond acceptors (Lipinski definition) is 5. The van der Waals surface area contributed by atoms with Gasteiger partial charge in [-0.15, -0.1) is 12.4 Å². The van der Waals surface area contributed by atoms with Gasteiger partial charge < -0.3 is 10.2 Å². The van der Waals surface area contributed by atoms with Crippen LogP contribution in [0.3, 0.4) is 0 Å². The molecule has 0 saturated carbocycles. The van der Waals surface area contributed by atoms with E-state index >= 15 is 0 Å². The molecule has 2 N–H and O–H groups in total. The highest BCUT2D eigenvalue weighted by Crippen LogP contribution is 2.26. The third-order valence-electron chi connectivity index (χ3n) is 5.69. The Morgan fingerprint density at radius 3 is 2.63 bits per heavy atom. The first-order valence-corrected chi connectivity index (χ1v) is 9.34. The number of aromatic nitrogens is 4. The smallest absolute Gasteiger partial charge is 0.271 e. The zero-order valence-corrected chi connectivity index (χ0v) is 17.0. The van der Waals surface area contributed by atoms with Crippen LogP contribution in [-0.2, 0) is 7.05 Å². The number of halogens is 1. The largest absolute Gasteiger partial charge is 0.336 e. The Bertz CT molecular complexity index is 809. The predicted octanol–water partition coefficient (Wildman–Crippen LogP) is 0.969. The third kappa shape index (κ3) is 3.74. The maximum absolute atomic E-state index is 12.9. The van der Waals surface area contributed by atoms with Crippen LogP contribution in [0, 0.1) is 13.8 Å². The van der Waals surface area contributed by atoms with Crippen molar-refractivity contribution in [1.82, 2.24) is 35.1 Å². The minimum Gasteiger partial charge on any atom is -0.336 e. The van der Waals surface area contributed by atoms with Gasteiger partial charge in [0.25, 0.3) is 5.91 Å². The fraction of sp³-hybridized carbons (Fsp3) is 0.611. The standard InChI is InChI=1S/C18H27N7O.ClH/c1-12-17(13(2)23(3)22-12)15-10-16(21-20-15)18(26)25-7-4-14(11-25)24-8-5-19-6-9-24;/h10,14,19H,4-9,11H2,1-3H3,(H,20,21);1H. The number of nitrogens with one attached hydrogen (secondary N) is 2. The van der Waals surface area contributed by atoms with E-state index in [4.69, 9.17) is 0 Å². The van der Waals surface area contributed by atoms with Gasteiger partial charge in [0.1, 0.15) is 5.69 Å². The van der Waals surface area contributed by atoms with Gasteiger partial charge in [0, 0.05) is 63.6 Å². The van der Waals surface area contributed by atoms with Crippen molar-refractivity contribution in [3.8, 4) is 11.3 Å². The van der Waals surface area contributed by atoms with E-state index in [1.54, 1.807) is 0 Å². The number of carbonyl (C=O) groups is 1. The van der Waals surface area contributed by atoms with E-state index in [0.29, 0.717) is 11.7 Å². The van der Waals surface area contributed by atoms with Crippen LogP contribution in [0.4, 0.5) is 0 Å². The van der Waals surface area contributed by atoms with Crippen molar-refractivity contribution < 1.29 is 4.79 Å². The number of H-pyrrole nitrogens is 1. The van der Waals surface area contributed by atoms with Gasteiger partial charge in [0.05, 0.1) is 11.4 Å². The van der Waals surface area contributed by atoms with Crippen LogP contribution >= 0.6 is 12.4 Å². The van der Waals surface area contributed by atoms with Crippen molar-refractivity contribution in [2.24, 2.45) is 7.05 Å². The first-order chi connectivity index (χ1) is 12.5. The van der Waals surface area contributed by atoms with Crippen molar-refractivity contribution in [3.63, 3.8) is 0 Å². The lowest BCUT2D eigenvalue weighted by atomic mass is 10.1. The molecule has 148 valence electrons. The molecule has 2 aliphatic rings. The number of rotatable bonds is 3. The fourth-order valence-corrected chi connectivity index (χ4v) is 4.15. The number of piperazine rings is 1. The number of likely N-dealkylation sites (tertiary alicyclic amines) is 1. The molecule has 0 aromatic carbocycles. The van der Waals surface area contributed by atoms with E-state index in [-0.39, 0.29) is 18.3 Å². The van der Waals surface area contributed by atoms with Crippen molar-refractivity contribution >= 4 is 18.3 Å². The van der Waals surface area contributed by atoms with Crippen LogP contribution in [0.15, 0.2) is 6.07 Å². The van der Waals surface area contributed by atoms with Crippen LogP contribution in [0.2, 0.25) is 0 Å². The van der Waals surface area contributed by atoms with Gasteiger partial charge in [-0.2, -0.15) is 10.2 Å². The third-order valence-corrected chi connectivity index (χ3v) is 5.69. The van der Waals surface area contributed by atoms with Crippen LogP contribution in [0.1, 0.15) is 28.3 Å². The lowest BCUT2D eigenvalue weighted by Crippen LogP contribution is -2.49. The van der Waals surface area contributed by atoms with Gasteiger partial charge in [-0.25, -0.2) is 0 Å². The monoisotopic (exact) mass is 393 g/mol. The summed E-state index contributed by atoms with van der Waals surface area (Å²) < 4.78 is 1.85. The van der Waals surface area contributed by atoms with E-state index < -0.39 is 0 Å². The Labute approximate surface area is 165 Å². The minimum absolute atomic E-state index is 0. The molecular weight excluding hydrogens is 366 g/mol. The van der Waals surface area contributed by atoms with Crippen molar-refractivity contribution in [1.29, 1.82) is 0 Å². The molecule has 8 nitrogen and oxygen atoms in total. The first-order valence-electron chi connectivity index (χ1n) is 9.34. The Morgan fingerprint density at radius 1 is 1.22 bits per heavy atom. The summed E-state index contributed by atoms with van der Waals surface area (Å²) in [5, 5.41) is 15.1. The average molecular weight is 394 g/mol. The summed E-state index contributed by atoms with van der Waals surface area (Å²) in [4.78, 5) is 17.4. The lowest BCUT2D eigenvalue weighted by molar-refractivity contribution is 0.0767. The molecule has 27 heavy (non-hydrogen) atoms. The summed E-state index contributed by atoms with van der Waals surface area (Å²) in [6, 6.07) is 2.34. The topological polar surface area (TPSA) is 82.1 Å². The van der Waals surface area contributed by atoms with Gasteiger partial charge in [0.2, 0.25) is 0 Å². The molecule has 1 unspecified atom stereocenters. The second-order valence-electron chi connectivity index (χ2n) is 7.32. The minimum atomic E-state index is 0. The Hall–Kier alpha value is -1.90. The number of aryl methyl sites for hydroxylation is 2. The van der Waals surface area contributed by atoms with Crippen LogP contribution in [0.5, 0.6) is 0 Å². The lowest BCUT2D eigenvalue weighted by Gasteiger charge is -2.32. The van der Waals surface area contributed by atoms with E-state index in [1.165, 1.54) is 0 Å². The summed E-state index contributed by atoms with van der Waals surface area (Å²) in [5.41, 5.74) is 4.32. The molecule has 2 aromatic heterocycles. The van der Waals surface area contributed by atoms with Gasteiger partial charge >= 0.3 is 0 Å². The Kier molecular flexibility index (Phi) is 5.88. The number of nitrogens with zero attached hydrogens (tertiary/aromatic N) is 5. The Morgan fingerprint density at radius 2 is 1.96 bits per heavy atom. The first kappa shape index (κ1) is 19.9. The summed E-state index contributed by atoms with van der Waals surface area (Å²) >= 11 is 0. The number of carbonyl (C=O) groups excluding carboxylic acids is 1. The van der Waals surface area contributed by atoms with E-state index in [1.807, 2.05) is 36.5 Å². The van der Waals surface area contributed by atoms with Gasteiger partial charge in [0.15, 0.2) is 0 Å². The predicted molar refractivity (Wildman–Crippen MR) is 106 cm³/mol. The molecule has 2 saturated heterocycles. The normalized spacial score (nSPS) is 20.7. The molecule has 0 spiro atoms. The van der Waals surface area contributed by atoms with Gasteiger partial charge in [-0.1, -0.05) is 0 Å². The second-order valence-corrected chi connectivity index (χ2v) is 7.32. The second kappa shape index (κ2) is 8.00. The molecule has 4 heterocycles. The molecule has 2 aliphatic heterocycles. The highest BCUT2D eigenvalue weighted by Gasteiger charge is 2.32. The zero-order valence-electron chi connectivity index (χ0n) is 16.2. The quantitative estimate of drug-likeness (QED) is 0.812. The molecule has 1 amide bonds.